The van der Waals surface area contributed by atoms with E-state index in [1.807, 2.05) is 6.07 Å². The Bertz CT molecular complexity index is 515. The molecule has 3 heteroatoms. The number of nitrogens with one attached hydrogen (secondary N) is 1. The molecule has 0 aromatic heterocycles. The van der Waals surface area contributed by atoms with Crippen molar-refractivity contribution >= 4 is 12.0 Å². The van der Waals surface area contributed by atoms with Gasteiger partial charge in [0, 0.05) is 19.5 Å². The molecule has 0 radical (unpaired) electrons. The van der Waals surface area contributed by atoms with Gasteiger partial charge in [-0.15, -0.1) is 0 Å². The molecular weight excluding hydrogens is 272 g/mol. The van der Waals surface area contributed by atoms with E-state index in [1.54, 1.807) is 0 Å². The molecule has 1 amide bonds. The Morgan fingerprint density at radius 2 is 1.86 bits per heavy atom. The molecule has 118 valence electrons. The highest BCUT2D eigenvalue weighted by Gasteiger charge is 2.35. The summed E-state index contributed by atoms with van der Waals surface area (Å²) in [6.07, 6.45) is 9.90. The molecule has 2 fully saturated rings. The van der Waals surface area contributed by atoms with Gasteiger partial charge in [-0.25, -0.2) is 0 Å². The normalized spacial score (nSPS) is 22.6. The smallest absolute Gasteiger partial charge is 0.220 e. The van der Waals surface area contributed by atoms with Crippen LogP contribution in [0.2, 0.25) is 0 Å². The molecule has 2 aliphatic rings. The van der Waals surface area contributed by atoms with Crippen molar-refractivity contribution in [1.82, 2.24) is 10.2 Å². The van der Waals surface area contributed by atoms with Crippen molar-refractivity contribution in [3.8, 4) is 0 Å². The number of likely N-dealkylation sites (tertiary alicyclic amines) is 1. The fraction of sp³-hybridized carbons (Fsp3) is 0.526. The molecule has 0 unspecified atom stereocenters. The minimum atomic E-state index is 0.241. The third-order valence-electron chi connectivity index (χ3n) is 5.25. The fourth-order valence-electron chi connectivity index (χ4n) is 3.67. The van der Waals surface area contributed by atoms with Crippen LogP contribution in [-0.2, 0) is 4.79 Å². The topological polar surface area (TPSA) is 32.3 Å². The number of rotatable bonds is 3. The second kappa shape index (κ2) is 7.10. The highest BCUT2D eigenvalue weighted by molar-refractivity contribution is 5.76. The predicted octanol–water partition coefficient (Wildman–Crippen LogP) is 3.08. The third-order valence-corrected chi connectivity index (χ3v) is 5.25. The Balaban J connectivity index is 1.47. The lowest BCUT2D eigenvalue weighted by Gasteiger charge is -2.41. The van der Waals surface area contributed by atoms with Crippen LogP contribution >= 0.6 is 0 Å². The highest BCUT2D eigenvalue weighted by atomic mass is 16.1. The molecule has 1 aromatic carbocycles. The predicted molar refractivity (Wildman–Crippen MR) is 90.4 cm³/mol. The van der Waals surface area contributed by atoms with Gasteiger partial charge in [0.05, 0.1) is 0 Å². The number of hydrogen-bond acceptors (Lipinski definition) is 2. The van der Waals surface area contributed by atoms with Crippen molar-refractivity contribution in [1.29, 1.82) is 0 Å². The molecule has 1 aromatic rings. The number of benzene rings is 1. The highest BCUT2D eigenvalue weighted by Crippen LogP contribution is 2.40. The molecule has 0 saturated carbocycles. The van der Waals surface area contributed by atoms with E-state index in [0.717, 1.165) is 39.0 Å². The number of piperidine rings is 1. The van der Waals surface area contributed by atoms with E-state index in [1.165, 1.54) is 18.4 Å². The Hall–Kier alpha value is -1.61. The van der Waals surface area contributed by atoms with Gasteiger partial charge in [-0.1, -0.05) is 42.5 Å². The zero-order valence-corrected chi connectivity index (χ0v) is 13.3. The maximum Gasteiger partial charge on any atom is 0.220 e. The summed E-state index contributed by atoms with van der Waals surface area (Å²) in [5.74, 6) is 0.241. The van der Waals surface area contributed by atoms with E-state index >= 15 is 0 Å². The number of amides is 1. The van der Waals surface area contributed by atoms with E-state index in [9.17, 15) is 4.79 Å². The summed E-state index contributed by atoms with van der Waals surface area (Å²) >= 11 is 0. The third kappa shape index (κ3) is 3.98. The number of carbonyl (C=O) groups excluding carboxylic acids is 1. The van der Waals surface area contributed by atoms with Crippen LogP contribution in [0.15, 0.2) is 36.4 Å². The Labute approximate surface area is 133 Å². The quantitative estimate of drug-likeness (QED) is 0.930. The number of nitrogens with zero attached hydrogens (tertiary/aromatic N) is 1. The molecule has 22 heavy (non-hydrogen) atoms. The summed E-state index contributed by atoms with van der Waals surface area (Å²) in [5.41, 5.74) is 1.68. The van der Waals surface area contributed by atoms with Crippen molar-refractivity contribution in [3.63, 3.8) is 0 Å². The van der Waals surface area contributed by atoms with Crippen LogP contribution in [0.25, 0.3) is 6.08 Å². The van der Waals surface area contributed by atoms with Gasteiger partial charge < -0.3 is 5.32 Å². The lowest BCUT2D eigenvalue weighted by Crippen LogP contribution is -2.40. The van der Waals surface area contributed by atoms with Crippen molar-refractivity contribution in [2.24, 2.45) is 5.41 Å². The van der Waals surface area contributed by atoms with Gasteiger partial charge in [0.25, 0.3) is 0 Å². The zero-order valence-electron chi connectivity index (χ0n) is 13.3. The van der Waals surface area contributed by atoms with Gasteiger partial charge in [0.1, 0.15) is 0 Å². The molecule has 0 bridgehead atoms. The van der Waals surface area contributed by atoms with Gasteiger partial charge in [-0.2, -0.15) is 0 Å². The first-order chi connectivity index (χ1) is 10.8. The van der Waals surface area contributed by atoms with Crippen LogP contribution in [0.5, 0.6) is 0 Å². The van der Waals surface area contributed by atoms with Crippen LogP contribution in [0.1, 0.15) is 37.7 Å². The lowest BCUT2D eigenvalue weighted by molar-refractivity contribution is -0.121. The van der Waals surface area contributed by atoms with Crippen molar-refractivity contribution in [2.75, 3.05) is 26.2 Å². The molecule has 1 spiro atoms. The van der Waals surface area contributed by atoms with Gasteiger partial charge in [0.2, 0.25) is 5.91 Å². The van der Waals surface area contributed by atoms with Gasteiger partial charge >= 0.3 is 0 Å². The van der Waals surface area contributed by atoms with Crippen LogP contribution < -0.4 is 5.32 Å². The second-order valence-corrected chi connectivity index (χ2v) is 6.71. The van der Waals surface area contributed by atoms with Crippen LogP contribution in [-0.4, -0.2) is 37.0 Å². The van der Waals surface area contributed by atoms with Crippen molar-refractivity contribution < 1.29 is 4.79 Å². The average Bonchev–Trinajstić information content (AvgIpc) is 2.73. The van der Waals surface area contributed by atoms with Crippen LogP contribution in [0.3, 0.4) is 0 Å². The molecule has 2 aliphatic heterocycles. The molecule has 0 atom stereocenters. The largest absolute Gasteiger partial charge is 0.356 e. The first kappa shape index (κ1) is 15.3. The maximum atomic E-state index is 11.5. The zero-order chi connectivity index (χ0) is 15.3. The summed E-state index contributed by atoms with van der Waals surface area (Å²) in [6, 6.07) is 10.5. The summed E-state index contributed by atoms with van der Waals surface area (Å²) < 4.78 is 0. The fourth-order valence-corrected chi connectivity index (χ4v) is 3.67. The molecule has 3 nitrogen and oxygen atoms in total. The van der Waals surface area contributed by atoms with E-state index in [4.69, 9.17) is 0 Å². The first-order valence-corrected chi connectivity index (χ1v) is 8.47. The summed E-state index contributed by atoms with van der Waals surface area (Å²) in [6.45, 7) is 4.22. The molecule has 0 aliphatic carbocycles. The SMILES string of the molecule is O=C1CCC2(CCN1)CCN(CC=Cc1ccccc1)CC2. The maximum absolute atomic E-state index is 11.5. The monoisotopic (exact) mass is 298 g/mol. The Kier molecular flexibility index (Phi) is 4.94. The van der Waals surface area contributed by atoms with Crippen LogP contribution in [0, 0.1) is 5.41 Å². The summed E-state index contributed by atoms with van der Waals surface area (Å²) in [7, 11) is 0. The minimum absolute atomic E-state index is 0.241. The Morgan fingerprint density at radius 1 is 1.09 bits per heavy atom. The van der Waals surface area contributed by atoms with Gasteiger partial charge in [-0.3, -0.25) is 9.69 Å². The standard InChI is InChI=1S/C19H26N2O/c22-18-8-9-19(10-13-20-18)11-15-21(16-12-19)14-4-7-17-5-2-1-3-6-17/h1-7H,8-16H2,(H,20,22). The second-order valence-electron chi connectivity index (χ2n) is 6.71. The molecule has 1 N–H and O–H groups in total. The summed E-state index contributed by atoms with van der Waals surface area (Å²) in [4.78, 5) is 14.1. The lowest BCUT2D eigenvalue weighted by atomic mass is 9.73. The number of carbonyl (C=O) groups is 1. The molecule has 3 rings (SSSR count). The summed E-state index contributed by atoms with van der Waals surface area (Å²) in [5, 5.41) is 3.02. The average molecular weight is 298 g/mol. The molecule has 2 heterocycles. The molecule has 2 saturated heterocycles. The van der Waals surface area contributed by atoms with Crippen molar-refractivity contribution in [2.45, 2.75) is 32.1 Å². The Morgan fingerprint density at radius 3 is 2.64 bits per heavy atom. The van der Waals surface area contributed by atoms with Crippen LogP contribution in [0.4, 0.5) is 0 Å². The van der Waals surface area contributed by atoms with E-state index < -0.39 is 0 Å². The van der Waals surface area contributed by atoms with E-state index in [0.29, 0.717) is 11.8 Å². The first-order valence-electron chi connectivity index (χ1n) is 8.47. The molecular formula is C19H26N2O. The van der Waals surface area contributed by atoms with E-state index in [2.05, 4.69) is 46.6 Å². The minimum Gasteiger partial charge on any atom is -0.356 e. The van der Waals surface area contributed by atoms with Crippen molar-refractivity contribution in [3.05, 3.63) is 42.0 Å². The van der Waals surface area contributed by atoms with Gasteiger partial charge in [0.15, 0.2) is 0 Å². The van der Waals surface area contributed by atoms with E-state index in [-0.39, 0.29) is 5.91 Å². The van der Waals surface area contributed by atoms with Gasteiger partial charge in [-0.05, 0) is 49.8 Å². The number of hydrogen-bond donors (Lipinski definition) is 1.